The number of nitrogens with one attached hydrogen (secondary N) is 1. The van der Waals surface area contributed by atoms with Gasteiger partial charge in [0.05, 0.1) is 17.3 Å². The van der Waals surface area contributed by atoms with E-state index in [2.05, 4.69) is 20.5 Å². The zero-order chi connectivity index (χ0) is 20.7. The quantitative estimate of drug-likeness (QED) is 0.527. The normalized spacial score (nSPS) is 19.3. The van der Waals surface area contributed by atoms with Crippen LogP contribution in [0.15, 0.2) is 42.4 Å². The topological polar surface area (TPSA) is 103 Å². The third-order valence-electron chi connectivity index (χ3n) is 5.66. The Morgan fingerprint density at radius 3 is 2.77 bits per heavy atom. The van der Waals surface area contributed by atoms with Crippen molar-refractivity contribution in [3.05, 3.63) is 47.3 Å². The average Bonchev–Trinajstić information content (AvgIpc) is 3.48. The van der Waals surface area contributed by atoms with E-state index in [1.54, 1.807) is 21.6 Å². The van der Waals surface area contributed by atoms with Gasteiger partial charge in [-0.3, -0.25) is 9.48 Å². The molecule has 0 aromatic carbocycles. The first kappa shape index (κ1) is 19.0. The summed E-state index contributed by atoms with van der Waals surface area (Å²) >= 11 is 1.43. The molecule has 5 rings (SSSR count). The first-order valence-electron chi connectivity index (χ1n) is 10.1. The lowest BCUT2D eigenvalue weighted by Gasteiger charge is -2.29. The molecular formula is C21H23N7OS. The first-order chi connectivity index (χ1) is 14.6. The van der Waals surface area contributed by atoms with Gasteiger partial charge in [-0.1, -0.05) is 12.8 Å². The van der Waals surface area contributed by atoms with Crippen LogP contribution in [-0.4, -0.2) is 42.4 Å². The van der Waals surface area contributed by atoms with Crippen molar-refractivity contribution < 1.29 is 4.79 Å². The maximum Gasteiger partial charge on any atom is 0.261 e. The number of carbonyl (C=O) groups excluding carboxylic acids is 1. The summed E-state index contributed by atoms with van der Waals surface area (Å²) in [6, 6.07) is 2.00. The summed E-state index contributed by atoms with van der Waals surface area (Å²) in [4.78, 5) is 18.0. The predicted octanol–water partition coefficient (Wildman–Crippen LogP) is 2.86. The molecule has 0 spiro atoms. The molecule has 0 bridgehead atoms. The molecule has 8 nitrogen and oxygen atoms in total. The van der Waals surface area contributed by atoms with Gasteiger partial charge in [-0.2, -0.15) is 10.2 Å². The Morgan fingerprint density at radius 2 is 1.97 bits per heavy atom. The molecule has 9 heteroatoms. The highest BCUT2D eigenvalue weighted by molar-refractivity contribution is 7.12. The highest BCUT2D eigenvalue weighted by atomic mass is 32.1. The number of nitrogens with two attached hydrogens (primary N) is 1. The number of thiophene rings is 1. The van der Waals surface area contributed by atoms with Crippen molar-refractivity contribution in [2.24, 2.45) is 12.8 Å². The molecule has 30 heavy (non-hydrogen) atoms. The zero-order valence-corrected chi connectivity index (χ0v) is 17.5. The SMILES string of the molecule is Cn1cc(-c2cnc3c(-c4csc(C(=O)N[C@@H]5CCCC[C@H]5N)c4)cnn3c2)cn1. The molecule has 4 aromatic rings. The second-order valence-corrected chi connectivity index (χ2v) is 8.71. The minimum atomic E-state index is -0.0584. The lowest BCUT2D eigenvalue weighted by atomic mass is 9.91. The Labute approximate surface area is 177 Å². The maximum atomic E-state index is 12.7. The maximum absolute atomic E-state index is 12.7. The molecule has 0 saturated heterocycles. The monoisotopic (exact) mass is 421 g/mol. The Morgan fingerprint density at radius 1 is 1.13 bits per heavy atom. The fourth-order valence-corrected chi connectivity index (χ4v) is 4.78. The molecule has 0 radical (unpaired) electrons. The summed E-state index contributed by atoms with van der Waals surface area (Å²) in [5, 5.41) is 13.8. The standard InChI is InChI=1S/C21H23N7OS/c1-27-10-15(8-24-27)14-7-23-20-16(9-25-28(20)11-14)13-6-19(30-12-13)21(29)26-18-5-3-2-4-17(18)22/h6-12,17-18H,2-5,22H2,1H3,(H,26,29)/t17-,18-/m1/s1. The van der Waals surface area contributed by atoms with E-state index in [4.69, 9.17) is 5.73 Å². The predicted molar refractivity (Wildman–Crippen MR) is 116 cm³/mol. The number of carbonyl (C=O) groups is 1. The van der Waals surface area contributed by atoms with Crippen molar-refractivity contribution in [3.63, 3.8) is 0 Å². The number of fused-ring (bicyclic) bond motifs is 1. The van der Waals surface area contributed by atoms with E-state index in [0.29, 0.717) is 4.88 Å². The van der Waals surface area contributed by atoms with E-state index in [0.717, 1.165) is 53.6 Å². The third-order valence-corrected chi connectivity index (χ3v) is 6.59. The smallest absolute Gasteiger partial charge is 0.261 e. The third kappa shape index (κ3) is 3.50. The average molecular weight is 422 g/mol. The van der Waals surface area contributed by atoms with E-state index < -0.39 is 0 Å². The van der Waals surface area contributed by atoms with Gasteiger partial charge in [-0.25, -0.2) is 9.50 Å². The molecule has 1 saturated carbocycles. The second-order valence-electron chi connectivity index (χ2n) is 7.80. The van der Waals surface area contributed by atoms with Gasteiger partial charge in [0, 0.05) is 54.4 Å². The van der Waals surface area contributed by atoms with Crippen LogP contribution < -0.4 is 11.1 Å². The Bertz CT molecular complexity index is 1210. The van der Waals surface area contributed by atoms with Crippen molar-refractivity contribution in [3.8, 4) is 22.3 Å². The van der Waals surface area contributed by atoms with Crippen LogP contribution in [0.4, 0.5) is 0 Å². The van der Waals surface area contributed by atoms with E-state index in [1.807, 2.05) is 37.1 Å². The van der Waals surface area contributed by atoms with Crippen LogP contribution in [0.3, 0.4) is 0 Å². The highest BCUT2D eigenvalue weighted by Crippen LogP contribution is 2.29. The van der Waals surface area contributed by atoms with Crippen LogP contribution >= 0.6 is 11.3 Å². The van der Waals surface area contributed by atoms with Crippen LogP contribution in [0.1, 0.15) is 35.4 Å². The van der Waals surface area contributed by atoms with Crippen LogP contribution in [0.25, 0.3) is 27.9 Å². The minimum absolute atomic E-state index is 0.0416. The molecule has 3 N–H and O–H groups in total. The number of hydrogen-bond donors (Lipinski definition) is 2. The van der Waals surface area contributed by atoms with E-state index in [9.17, 15) is 4.79 Å². The van der Waals surface area contributed by atoms with E-state index >= 15 is 0 Å². The number of aryl methyl sites for hydroxylation is 1. The Hall–Kier alpha value is -3.04. The van der Waals surface area contributed by atoms with Crippen molar-refractivity contribution in [1.82, 2.24) is 29.7 Å². The van der Waals surface area contributed by atoms with Crippen LogP contribution in [0.2, 0.25) is 0 Å². The van der Waals surface area contributed by atoms with Crippen molar-refractivity contribution >= 4 is 22.9 Å². The van der Waals surface area contributed by atoms with Crippen molar-refractivity contribution in [2.45, 2.75) is 37.8 Å². The lowest BCUT2D eigenvalue weighted by Crippen LogP contribution is -2.49. The summed E-state index contributed by atoms with van der Waals surface area (Å²) in [7, 11) is 1.88. The van der Waals surface area contributed by atoms with Gasteiger partial charge >= 0.3 is 0 Å². The molecule has 0 aliphatic heterocycles. The fraction of sp³-hybridized carbons (Fsp3) is 0.333. The summed E-state index contributed by atoms with van der Waals surface area (Å²) < 4.78 is 3.52. The van der Waals surface area contributed by atoms with E-state index in [-0.39, 0.29) is 18.0 Å². The van der Waals surface area contributed by atoms with E-state index in [1.165, 1.54) is 11.3 Å². The minimum Gasteiger partial charge on any atom is -0.347 e. The number of nitrogens with zero attached hydrogens (tertiary/aromatic N) is 5. The van der Waals surface area contributed by atoms with Gasteiger partial charge in [0.1, 0.15) is 0 Å². The Balaban J connectivity index is 1.38. The van der Waals surface area contributed by atoms with Gasteiger partial charge in [0.15, 0.2) is 5.65 Å². The summed E-state index contributed by atoms with van der Waals surface area (Å²) in [5.74, 6) is -0.0584. The largest absolute Gasteiger partial charge is 0.347 e. The van der Waals surface area contributed by atoms with Gasteiger partial charge in [-0.15, -0.1) is 11.3 Å². The molecule has 2 atom stereocenters. The number of hydrogen-bond acceptors (Lipinski definition) is 6. The van der Waals surface area contributed by atoms with Gasteiger partial charge in [0.2, 0.25) is 0 Å². The lowest BCUT2D eigenvalue weighted by molar-refractivity contribution is 0.0925. The van der Waals surface area contributed by atoms with Gasteiger partial charge in [-0.05, 0) is 29.9 Å². The van der Waals surface area contributed by atoms with Crippen LogP contribution in [0.5, 0.6) is 0 Å². The molecule has 4 aromatic heterocycles. The molecule has 1 amide bonds. The highest BCUT2D eigenvalue weighted by Gasteiger charge is 2.24. The molecular weight excluding hydrogens is 398 g/mol. The van der Waals surface area contributed by atoms with Crippen molar-refractivity contribution in [1.29, 1.82) is 0 Å². The molecule has 0 unspecified atom stereocenters. The molecule has 4 heterocycles. The number of amides is 1. The Kier molecular flexibility index (Phi) is 4.84. The molecule has 1 fully saturated rings. The van der Waals surface area contributed by atoms with Crippen LogP contribution in [-0.2, 0) is 7.05 Å². The van der Waals surface area contributed by atoms with Crippen molar-refractivity contribution in [2.75, 3.05) is 0 Å². The summed E-state index contributed by atoms with van der Waals surface area (Å²) in [6.45, 7) is 0. The molecule has 154 valence electrons. The molecule has 1 aliphatic carbocycles. The molecule has 1 aliphatic rings. The second kappa shape index (κ2) is 7.66. The fourth-order valence-electron chi connectivity index (χ4n) is 3.97. The van der Waals surface area contributed by atoms with Crippen LogP contribution in [0, 0.1) is 0 Å². The van der Waals surface area contributed by atoms with Gasteiger partial charge < -0.3 is 11.1 Å². The summed E-state index contributed by atoms with van der Waals surface area (Å²) in [6.07, 6.45) is 13.5. The number of aromatic nitrogens is 5. The number of rotatable bonds is 4. The summed E-state index contributed by atoms with van der Waals surface area (Å²) in [5.41, 5.74) is 10.7. The zero-order valence-electron chi connectivity index (χ0n) is 16.7. The first-order valence-corrected chi connectivity index (χ1v) is 10.9. The van der Waals surface area contributed by atoms with Gasteiger partial charge in [0.25, 0.3) is 5.91 Å².